The van der Waals surface area contributed by atoms with Gasteiger partial charge in [0.2, 0.25) is 11.8 Å². The fraction of sp³-hybridized carbons (Fsp3) is 0.318. The maximum absolute atomic E-state index is 12.8. The second kappa shape index (κ2) is 8.55. The van der Waals surface area contributed by atoms with Crippen LogP contribution in [0.3, 0.4) is 0 Å². The van der Waals surface area contributed by atoms with Crippen LogP contribution in [-0.4, -0.2) is 50.8 Å². The number of aromatic nitrogens is 2. The van der Waals surface area contributed by atoms with Crippen molar-refractivity contribution in [1.82, 2.24) is 20.0 Å². The van der Waals surface area contributed by atoms with E-state index in [4.69, 9.17) is 8.83 Å². The maximum atomic E-state index is 12.8. The summed E-state index contributed by atoms with van der Waals surface area (Å²) in [5.74, 6) is 0.0447. The number of furan rings is 1. The minimum absolute atomic E-state index is 0.0175. The molecule has 3 amide bonds. The van der Waals surface area contributed by atoms with Gasteiger partial charge in [-0.2, -0.15) is 0 Å². The van der Waals surface area contributed by atoms with E-state index in [1.165, 1.54) is 6.26 Å². The van der Waals surface area contributed by atoms with Crippen molar-refractivity contribution in [3.8, 4) is 11.7 Å². The fourth-order valence-corrected chi connectivity index (χ4v) is 3.52. The van der Waals surface area contributed by atoms with Crippen LogP contribution in [0.5, 0.6) is 0 Å². The van der Waals surface area contributed by atoms with E-state index in [2.05, 4.69) is 10.2 Å². The molecule has 0 atom stereocenters. The molecule has 2 aromatic heterocycles. The predicted octanol–water partition coefficient (Wildman–Crippen LogP) is 3.06. The molecule has 9 nitrogen and oxygen atoms in total. The third-order valence-electron chi connectivity index (χ3n) is 5.05. The number of amides is 3. The van der Waals surface area contributed by atoms with E-state index in [-0.39, 0.29) is 49.0 Å². The van der Waals surface area contributed by atoms with Gasteiger partial charge >= 0.3 is 0 Å². The average molecular weight is 422 g/mol. The van der Waals surface area contributed by atoms with Gasteiger partial charge in [0.05, 0.1) is 23.9 Å². The lowest BCUT2D eigenvalue weighted by Crippen LogP contribution is -2.37. The third kappa shape index (κ3) is 4.11. The molecule has 3 heterocycles. The molecule has 0 unspecified atom stereocenters. The van der Waals surface area contributed by atoms with Crippen molar-refractivity contribution in [3.63, 3.8) is 0 Å². The summed E-state index contributed by atoms with van der Waals surface area (Å²) >= 11 is 0. The lowest BCUT2D eigenvalue weighted by atomic mass is 10.1. The van der Waals surface area contributed by atoms with E-state index >= 15 is 0 Å². The lowest BCUT2D eigenvalue weighted by molar-refractivity contribution is -0.132. The fourth-order valence-electron chi connectivity index (χ4n) is 3.52. The molecule has 0 saturated carbocycles. The Morgan fingerprint density at radius 2 is 1.94 bits per heavy atom. The van der Waals surface area contributed by atoms with Crippen LogP contribution in [0.2, 0.25) is 0 Å². The summed E-state index contributed by atoms with van der Waals surface area (Å²) < 4.78 is 10.8. The Hall–Kier alpha value is -3.75. The lowest BCUT2D eigenvalue weighted by Gasteiger charge is -2.21. The van der Waals surface area contributed by atoms with E-state index in [1.807, 2.05) is 13.8 Å². The monoisotopic (exact) mass is 422 g/mol. The van der Waals surface area contributed by atoms with Crippen molar-refractivity contribution in [1.29, 1.82) is 0 Å². The first kappa shape index (κ1) is 20.5. The summed E-state index contributed by atoms with van der Waals surface area (Å²) in [6.07, 6.45) is 2.26. The molecular formula is C22H22N4O5. The van der Waals surface area contributed by atoms with Crippen molar-refractivity contribution in [3.05, 3.63) is 59.2 Å². The third-order valence-corrected chi connectivity index (χ3v) is 5.05. The molecular weight excluding hydrogens is 400 g/mol. The van der Waals surface area contributed by atoms with Crippen molar-refractivity contribution >= 4 is 17.7 Å². The molecule has 3 aromatic rings. The number of rotatable bonds is 8. The molecule has 0 radical (unpaired) electrons. The predicted molar refractivity (Wildman–Crippen MR) is 109 cm³/mol. The highest BCUT2D eigenvalue weighted by Crippen LogP contribution is 2.24. The Labute approximate surface area is 178 Å². The zero-order valence-electron chi connectivity index (χ0n) is 17.3. The number of carbonyl (C=O) groups is 3. The van der Waals surface area contributed by atoms with Crippen LogP contribution in [0.1, 0.15) is 51.9 Å². The number of benzene rings is 1. The number of imide groups is 1. The van der Waals surface area contributed by atoms with Gasteiger partial charge in [-0.3, -0.25) is 19.3 Å². The smallest absolute Gasteiger partial charge is 0.283 e. The molecule has 1 aliphatic rings. The highest BCUT2D eigenvalue weighted by Gasteiger charge is 2.35. The van der Waals surface area contributed by atoms with Crippen LogP contribution in [0.15, 0.2) is 45.4 Å². The molecule has 160 valence electrons. The van der Waals surface area contributed by atoms with Crippen molar-refractivity contribution < 1.29 is 23.2 Å². The van der Waals surface area contributed by atoms with E-state index in [9.17, 15) is 14.4 Å². The zero-order valence-corrected chi connectivity index (χ0v) is 17.3. The Bertz CT molecular complexity index is 1120. The van der Waals surface area contributed by atoms with Gasteiger partial charge in [0.25, 0.3) is 17.7 Å². The summed E-state index contributed by atoms with van der Waals surface area (Å²) in [6, 6.07) is 8.57. The standard InChI is InChI=1S/C22H22N4O5/c1-3-9-25(13-18-23-24-20(31-18)17-5-4-11-30-17)19(27)8-10-26-21(28)15-7-6-14(2)12-16(15)22(26)29/h4-7,11-12H,3,8-10,13H2,1-2H3. The molecule has 0 bridgehead atoms. The molecule has 0 N–H and O–H groups in total. The minimum Gasteiger partial charge on any atom is -0.459 e. The Morgan fingerprint density at radius 1 is 1.13 bits per heavy atom. The molecule has 1 aromatic carbocycles. The quantitative estimate of drug-likeness (QED) is 0.513. The number of aryl methyl sites for hydroxylation is 1. The molecule has 0 aliphatic carbocycles. The SMILES string of the molecule is CCCN(Cc1nnc(-c2ccco2)o1)C(=O)CCN1C(=O)c2ccc(C)cc2C1=O. The number of hydrogen-bond acceptors (Lipinski definition) is 7. The summed E-state index contributed by atoms with van der Waals surface area (Å²) in [5, 5.41) is 7.93. The second-order valence-electron chi connectivity index (χ2n) is 7.35. The average Bonchev–Trinajstić information content (AvgIpc) is 3.48. The van der Waals surface area contributed by atoms with Gasteiger partial charge in [-0.05, 0) is 37.6 Å². The first-order valence-electron chi connectivity index (χ1n) is 10.1. The molecule has 9 heteroatoms. The first-order chi connectivity index (χ1) is 15.0. The summed E-state index contributed by atoms with van der Waals surface area (Å²) in [5.41, 5.74) is 1.67. The first-order valence-corrected chi connectivity index (χ1v) is 10.1. The zero-order chi connectivity index (χ0) is 22.0. The molecule has 0 fully saturated rings. The van der Waals surface area contributed by atoms with E-state index in [0.29, 0.717) is 23.4 Å². The largest absolute Gasteiger partial charge is 0.459 e. The van der Waals surface area contributed by atoms with Gasteiger partial charge in [-0.1, -0.05) is 18.6 Å². The Kier molecular flexibility index (Phi) is 5.66. The summed E-state index contributed by atoms with van der Waals surface area (Å²) in [4.78, 5) is 40.7. The van der Waals surface area contributed by atoms with Crippen molar-refractivity contribution in [2.75, 3.05) is 13.1 Å². The summed E-state index contributed by atoms with van der Waals surface area (Å²) in [6.45, 7) is 4.46. The minimum atomic E-state index is -0.366. The second-order valence-corrected chi connectivity index (χ2v) is 7.35. The summed E-state index contributed by atoms with van der Waals surface area (Å²) in [7, 11) is 0. The van der Waals surface area contributed by atoms with E-state index in [0.717, 1.165) is 16.9 Å². The van der Waals surface area contributed by atoms with Gasteiger partial charge in [0, 0.05) is 19.5 Å². The van der Waals surface area contributed by atoms with Gasteiger partial charge in [0.1, 0.15) is 0 Å². The Balaban J connectivity index is 1.40. The molecule has 31 heavy (non-hydrogen) atoms. The highest BCUT2D eigenvalue weighted by molar-refractivity contribution is 6.21. The van der Waals surface area contributed by atoms with Crippen LogP contribution in [0, 0.1) is 6.92 Å². The van der Waals surface area contributed by atoms with Crippen molar-refractivity contribution in [2.45, 2.75) is 33.2 Å². The molecule has 1 aliphatic heterocycles. The number of fused-ring (bicyclic) bond motifs is 1. The van der Waals surface area contributed by atoms with Gasteiger partial charge in [-0.15, -0.1) is 10.2 Å². The maximum Gasteiger partial charge on any atom is 0.283 e. The van der Waals surface area contributed by atoms with Crippen LogP contribution in [-0.2, 0) is 11.3 Å². The van der Waals surface area contributed by atoms with Gasteiger partial charge < -0.3 is 13.7 Å². The van der Waals surface area contributed by atoms with Gasteiger partial charge in [0.15, 0.2) is 5.76 Å². The number of nitrogens with zero attached hydrogens (tertiary/aromatic N) is 4. The Morgan fingerprint density at radius 3 is 2.68 bits per heavy atom. The van der Waals surface area contributed by atoms with Crippen LogP contribution in [0.25, 0.3) is 11.7 Å². The normalized spacial score (nSPS) is 13.0. The van der Waals surface area contributed by atoms with Crippen LogP contribution < -0.4 is 0 Å². The number of carbonyl (C=O) groups excluding carboxylic acids is 3. The van der Waals surface area contributed by atoms with Crippen LogP contribution in [0.4, 0.5) is 0 Å². The van der Waals surface area contributed by atoms with E-state index < -0.39 is 0 Å². The molecule has 0 saturated heterocycles. The topological polar surface area (TPSA) is 110 Å². The van der Waals surface area contributed by atoms with Crippen LogP contribution >= 0.6 is 0 Å². The van der Waals surface area contributed by atoms with E-state index in [1.54, 1.807) is 35.2 Å². The number of hydrogen-bond donors (Lipinski definition) is 0. The molecule has 4 rings (SSSR count). The molecule has 0 spiro atoms. The van der Waals surface area contributed by atoms with Crippen molar-refractivity contribution in [2.24, 2.45) is 0 Å². The highest BCUT2D eigenvalue weighted by atomic mass is 16.4. The van der Waals surface area contributed by atoms with Gasteiger partial charge in [-0.25, -0.2) is 0 Å².